The van der Waals surface area contributed by atoms with Gasteiger partial charge in [-0.05, 0) is 55.8 Å². The molecule has 4 aromatic heterocycles. The van der Waals surface area contributed by atoms with E-state index in [1.54, 1.807) is 23.7 Å². The molecular weight excluding hydrogens is 505 g/mol. The van der Waals surface area contributed by atoms with Crippen LogP contribution in [0.4, 0.5) is 10.2 Å². The number of thiophene rings is 1. The van der Waals surface area contributed by atoms with Crippen LogP contribution in [0.25, 0.3) is 43.5 Å². The summed E-state index contributed by atoms with van der Waals surface area (Å²) in [5.74, 6) is 0.186. The number of hydrogen-bond acceptors (Lipinski definition) is 8. The van der Waals surface area contributed by atoms with Crippen LogP contribution in [0.5, 0.6) is 0 Å². The number of halogens is 1. The quantitative estimate of drug-likeness (QED) is 0.305. The molecule has 8 nitrogen and oxygen atoms in total. The Morgan fingerprint density at radius 1 is 1.13 bits per heavy atom. The maximum Gasteiger partial charge on any atom is 0.343 e. The van der Waals surface area contributed by atoms with Crippen molar-refractivity contribution in [3.05, 3.63) is 93.4 Å². The van der Waals surface area contributed by atoms with Crippen LogP contribution in [0, 0.1) is 12.7 Å². The van der Waals surface area contributed by atoms with Crippen LogP contribution in [0.1, 0.15) is 29.2 Å². The van der Waals surface area contributed by atoms with E-state index in [4.69, 9.17) is 15.2 Å². The minimum absolute atomic E-state index is 0.0966. The van der Waals surface area contributed by atoms with Gasteiger partial charge in [-0.25, -0.2) is 23.8 Å². The summed E-state index contributed by atoms with van der Waals surface area (Å²) in [6, 6.07) is 15.0. The maximum atomic E-state index is 14.3. The largest absolute Gasteiger partial charge is 0.424 e. The van der Waals surface area contributed by atoms with Crippen molar-refractivity contribution in [3.8, 4) is 21.7 Å². The van der Waals surface area contributed by atoms with Crippen molar-refractivity contribution in [2.45, 2.75) is 26.5 Å². The fourth-order valence-electron chi connectivity index (χ4n) is 4.81. The Kier molecular flexibility index (Phi) is 5.77. The Hall–Kier alpha value is -4.41. The molecule has 0 radical (unpaired) electrons. The van der Waals surface area contributed by atoms with E-state index in [2.05, 4.69) is 9.97 Å². The molecule has 0 saturated heterocycles. The van der Waals surface area contributed by atoms with Crippen molar-refractivity contribution in [1.29, 1.82) is 0 Å². The molecule has 0 aliphatic rings. The highest BCUT2D eigenvalue weighted by atomic mass is 32.1. The van der Waals surface area contributed by atoms with Crippen LogP contribution in [0.3, 0.4) is 0 Å². The molecule has 0 saturated carbocycles. The number of rotatable bonds is 5. The first kappa shape index (κ1) is 24.0. The molecular formula is C28H22FN5O3S. The molecule has 1 atom stereocenters. The monoisotopic (exact) mass is 527 g/mol. The average Bonchev–Trinajstić information content (AvgIpc) is 3.53. The molecule has 0 amide bonds. The smallest absolute Gasteiger partial charge is 0.343 e. The lowest BCUT2D eigenvalue weighted by atomic mass is 10.0. The zero-order valence-electron chi connectivity index (χ0n) is 20.5. The van der Waals surface area contributed by atoms with Crippen molar-refractivity contribution in [2.75, 3.05) is 5.73 Å². The number of aromatic nitrogens is 4. The number of aryl methyl sites for hydroxylation is 1. The summed E-state index contributed by atoms with van der Waals surface area (Å²) < 4.78 is 21.9. The van der Waals surface area contributed by atoms with E-state index in [0.29, 0.717) is 33.4 Å². The lowest BCUT2D eigenvalue weighted by Gasteiger charge is -2.17. The van der Waals surface area contributed by atoms with Gasteiger partial charge in [-0.3, -0.25) is 0 Å². The molecule has 3 N–H and O–H groups in total. The lowest BCUT2D eigenvalue weighted by Crippen LogP contribution is -2.14. The molecule has 1 unspecified atom stereocenters. The van der Waals surface area contributed by atoms with Gasteiger partial charge in [-0.15, -0.1) is 11.3 Å². The summed E-state index contributed by atoms with van der Waals surface area (Å²) in [6.45, 7) is 3.55. The highest BCUT2D eigenvalue weighted by Gasteiger charge is 2.27. The van der Waals surface area contributed by atoms with E-state index < -0.39 is 17.5 Å². The van der Waals surface area contributed by atoms with Gasteiger partial charge in [-0.1, -0.05) is 18.2 Å². The molecule has 10 heteroatoms. The first-order chi connectivity index (χ1) is 18.4. The lowest BCUT2D eigenvalue weighted by molar-refractivity contribution is 0.285. The van der Waals surface area contributed by atoms with Gasteiger partial charge < -0.3 is 15.3 Å². The first-order valence-electron chi connectivity index (χ1n) is 11.9. The van der Waals surface area contributed by atoms with Gasteiger partial charge in [0.05, 0.1) is 17.4 Å². The second-order valence-corrected chi connectivity index (χ2v) is 10.2. The van der Waals surface area contributed by atoms with Gasteiger partial charge in [-0.2, -0.15) is 5.10 Å². The second kappa shape index (κ2) is 9.16. The van der Waals surface area contributed by atoms with Crippen molar-refractivity contribution in [2.24, 2.45) is 0 Å². The zero-order chi connectivity index (χ0) is 26.6. The topological polar surface area (TPSA) is 120 Å². The fourth-order valence-corrected chi connectivity index (χ4v) is 5.75. The van der Waals surface area contributed by atoms with E-state index >= 15 is 0 Å². The number of benzene rings is 2. The normalized spacial score (nSPS) is 12.4. The molecule has 38 heavy (non-hydrogen) atoms. The number of nitrogens with two attached hydrogens (primary N) is 1. The highest BCUT2D eigenvalue weighted by molar-refractivity contribution is 7.15. The number of fused-ring (bicyclic) bond motifs is 2. The summed E-state index contributed by atoms with van der Waals surface area (Å²) >= 11 is 1.42. The summed E-state index contributed by atoms with van der Waals surface area (Å²) in [5.41, 5.74) is 8.63. The molecule has 6 rings (SSSR count). The molecule has 6 aromatic rings. The summed E-state index contributed by atoms with van der Waals surface area (Å²) in [7, 11) is 0. The number of anilines is 1. The van der Waals surface area contributed by atoms with E-state index in [-0.39, 0.29) is 12.4 Å². The predicted octanol–water partition coefficient (Wildman–Crippen LogP) is 5.46. The standard InChI is InChI=1S/C28H22FN5O3S/c1-14-9-16(11-17(29)10-14)24-23-26(30)31-13-32-27(23)34(33-24)15(2)25-22(21-8-7-18(12-35)38-21)19-5-3-4-6-20(19)28(36)37-25/h3-11,13,15,35H,12H2,1-2H3,(H2,30,31,32). The Bertz CT molecular complexity index is 1890. The van der Waals surface area contributed by atoms with Crippen LogP contribution in [0.2, 0.25) is 0 Å². The van der Waals surface area contributed by atoms with E-state index in [0.717, 1.165) is 26.3 Å². The third kappa shape index (κ3) is 3.85. The number of nitrogens with zero attached hydrogens (tertiary/aromatic N) is 4. The fraction of sp³-hybridized carbons (Fsp3) is 0.143. The Balaban J connectivity index is 1.64. The zero-order valence-corrected chi connectivity index (χ0v) is 21.3. The third-order valence-electron chi connectivity index (χ3n) is 6.51. The van der Waals surface area contributed by atoms with Crippen molar-refractivity contribution < 1.29 is 13.9 Å². The predicted molar refractivity (Wildman–Crippen MR) is 145 cm³/mol. The van der Waals surface area contributed by atoms with Gasteiger partial charge >= 0.3 is 5.63 Å². The number of hydrogen-bond donors (Lipinski definition) is 2. The molecule has 0 aliphatic carbocycles. The molecule has 0 fully saturated rings. The molecule has 0 bridgehead atoms. The van der Waals surface area contributed by atoms with Gasteiger partial charge in [0.1, 0.15) is 35.5 Å². The van der Waals surface area contributed by atoms with Gasteiger partial charge in [0.2, 0.25) is 0 Å². The van der Waals surface area contributed by atoms with Crippen LogP contribution in [-0.2, 0) is 6.61 Å². The van der Waals surface area contributed by atoms with Crippen LogP contribution >= 0.6 is 11.3 Å². The van der Waals surface area contributed by atoms with Gasteiger partial charge in [0, 0.05) is 26.3 Å². The minimum atomic E-state index is -0.609. The van der Waals surface area contributed by atoms with Crippen LogP contribution < -0.4 is 11.4 Å². The molecule has 190 valence electrons. The summed E-state index contributed by atoms with van der Waals surface area (Å²) in [4.78, 5) is 23.3. The average molecular weight is 528 g/mol. The highest BCUT2D eigenvalue weighted by Crippen LogP contribution is 2.40. The number of aliphatic hydroxyl groups is 1. The number of nitrogen functional groups attached to an aromatic ring is 1. The Morgan fingerprint density at radius 3 is 2.66 bits per heavy atom. The van der Waals surface area contributed by atoms with Crippen LogP contribution in [0.15, 0.2) is 70.1 Å². The van der Waals surface area contributed by atoms with Gasteiger partial charge in [0.25, 0.3) is 0 Å². The molecule has 0 aliphatic heterocycles. The van der Waals surface area contributed by atoms with Crippen LogP contribution in [-0.4, -0.2) is 24.9 Å². The van der Waals surface area contributed by atoms with Gasteiger partial charge in [0.15, 0.2) is 5.65 Å². The van der Waals surface area contributed by atoms with Crippen molar-refractivity contribution >= 4 is 39.0 Å². The Labute approximate surface area is 219 Å². The summed E-state index contributed by atoms with van der Waals surface area (Å²) in [5, 5.41) is 16.1. The van der Waals surface area contributed by atoms with Crippen molar-refractivity contribution in [3.63, 3.8) is 0 Å². The Morgan fingerprint density at radius 2 is 1.92 bits per heavy atom. The minimum Gasteiger partial charge on any atom is -0.424 e. The van der Waals surface area contributed by atoms with E-state index in [1.165, 1.54) is 29.8 Å². The summed E-state index contributed by atoms with van der Waals surface area (Å²) in [6.07, 6.45) is 1.34. The maximum absolute atomic E-state index is 14.3. The molecule has 2 aromatic carbocycles. The second-order valence-electron chi connectivity index (χ2n) is 9.04. The molecule has 0 spiro atoms. The molecule has 4 heterocycles. The van der Waals surface area contributed by atoms with Crippen molar-refractivity contribution in [1.82, 2.24) is 19.7 Å². The van der Waals surface area contributed by atoms with E-state index in [1.807, 2.05) is 37.3 Å². The SMILES string of the molecule is Cc1cc(F)cc(-c2nn(C(C)c3oc(=O)c4ccccc4c3-c3ccc(CO)s3)c3ncnc(N)c23)c1. The van der Waals surface area contributed by atoms with E-state index in [9.17, 15) is 14.3 Å². The first-order valence-corrected chi connectivity index (χ1v) is 12.7. The third-order valence-corrected chi connectivity index (χ3v) is 7.60. The number of aliphatic hydroxyl groups excluding tert-OH is 1.